The molecule has 1 aliphatic rings. The largest absolute Gasteiger partial charge is 0.484 e. The van der Waals surface area contributed by atoms with Crippen LogP contribution < -0.4 is 9.47 Å². The number of thiophene rings is 3. The van der Waals surface area contributed by atoms with Gasteiger partial charge in [0.2, 0.25) is 0 Å². The molecule has 1 unspecified atom stereocenters. The first-order chi connectivity index (χ1) is 10.8. The molecule has 2 nitrogen and oxygen atoms in total. The highest BCUT2D eigenvalue weighted by Crippen LogP contribution is 2.55. The number of hydrogen-bond donors (Lipinski definition) is 0. The van der Waals surface area contributed by atoms with Crippen molar-refractivity contribution in [1.82, 2.24) is 0 Å². The van der Waals surface area contributed by atoms with Crippen molar-refractivity contribution >= 4 is 34.0 Å². The minimum atomic E-state index is 0.104. The van der Waals surface area contributed by atoms with E-state index in [-0.39, 0.29) is 6.10 Å². The molecule has 22 heavy (non-hydrogen) atoms. The molecule has 0 aromatic carbocycles. The highest BCUT2D eigenvalue weighted by atomic mass is 32.1. The van der Waals surface area contributed by atoms with E-state index in [1.165, 1.54) is 19.5 Å². The maximum absolute atomic E-state index is 6.06. The van der Waals surface area contributed by atoms with E-state index in [2.05, 4.69) is 35.0 Å². The number of rotatable bonds is 2. The summed E-state index contributed by atoms with van der Waals surface area (Å²) in [5.41, 5.74) is 0. The van der Waals surface area contributed by atoms with Gasteiger partial charge in [-0.1, -0.05) is 26.0 Å². The van der Waals surface area contributed by atoms with Gasteiger partial charge in [0.15, 0.2) is 11.5 Å². The molecular weight excluding hydrogens is 332 g/mol. The molecule has 3 aromatic heterocycles. The van der Waals surface area contributed by atoms with Gasteiger partial charge in [-0.2, -0.15) is 0 Å². The quantitative estimate of drug-likeness (QED) is 0.533. The topological polar surface area (TPSA) is 18.5 Å². The molecule has 3 aromatic rings. The lowest BCUT2D eigenvalue weighted by atomic mass is 10.2. The normalized spacial score (nSPS) is 16.0. The molecule has 0 radical (unpaired) electrons. The summed E-state index contributed by atoms with van der Waals surface area (Å²) in [5.74, 6) is 1.83. The van der Waals surface area contributed by atoms with Gasteiger partial charge >= 0.3 is 0 Å². The number of fused-ring (bicyclic) bond motifs is 1. The number of hydrogen-bond acceptors (Lipinski definition) is 5. The lowest BCUT2D eigenvalue weighted by Gasteiger charge is -2.22. The molecular formula is C17H18O2S3. The Morgan fingerprint density at radius 2 is 1.55 bits per heavy atom. The van der Waals surface area contributed by atoms with Gasteiger partial charge in [0, 0.05) is 9.75 Å². The van der Waals surface area contributed by atoms with Crippen molar-refractivity contribution in [1.29, 1.82) is 0 Å². The van der Waals surface area contributed by atoms with Crippen LogP contribution in [0.4, 0.5) is 0 Å². The van der Waals surface area contributed by atoms with Gasteiger partial charge < -0.3 is 9.47 Å². The van der Waals surface area contributed by atoms with E-state index < -0.39 is 0 Å². The molecule has 116 valence electrons. The van der Waals surface area contributed by atoms with Gasteiger partial charge in [0.1, 0.15) is 12.7 Å². The summed E-state index contributed by atoms with van der Waals surface area (Å²) in [5, 5.41) is 4.19. The zero-order valence-electron chi connectivity index (χ0n) is 12.8. The molecule has 1 aliphatic heterocycles. The standard InChI is InChI=1S/C15H12O2S3.C2H6/c1-9-8-16-12-13(17-9)15(11-5-3-7-19-11)20-14(12)10-4-2-6-18-10;1-2/h2-7,9H,8H2,1H3;1-2H3. The third-order valence-corrected chi connectivity index (χ3v) is 6.35. The molecule has 0 bridgehead atoms. The van der Waals surface area contributed by atoms with Crippen LogP contribution in [0.5, 0.6) is 11.5 Å². The molecule has 4 rings (SSSR count). The summed E-state index contributed by atoms with van der Waals surface area (Å²) in [7, 11) is 0. The Kier molecular flexibility index (Phi) is 4.86. The number of ether oxygens (including phenoxy) is 2. The maximum Gasteiger partial charge on any atom is 0.181 e. The van der Waals surface area contributed by atoms with E-state index in [0.717, 1.165) is 11.5 Å². The summed E-state index contributed by atoms with van der Waals surface area (Å²) in [4.78, 5) is 4.86. The van der Waals surface area contributed by atoms with Crippen LogP contribution in [0.1, 0.15) is 20.8 Å². The smallest absolute Gasteiger partial charge is 0.181 e. The van der Waals surface area contributed by atoms with Crippen molar-refractivity contribution in [2.24, 2.45) is 0 Å². The Hall–Kier alpha value is -1.30. The second-order valence-corrected chi connectivity index (χ2v) is 7.53. The molecule has 4 heterocycles. The zero-order valence-corrected chi connectivity index (χ0v) is 15.2. The molecule has 1 atom stereocenters. The fraction of sp³-hybridized carbons (Fsp3) is 0.294. The Morgan fingerprint density at radius 3 is 2.09 bits per heavy atom. The molecule has 0 aliphatic carbocycles. The van der Waals surface area contributed by atoms with E-state index in [4.69, 9.17) is 9.47 Å². The molecule has 0 saturated carbocycles. The van der Waals surface area contributed by atoms with Crippen molar-refractivity contribution < 1.29 is 9.47 Å². The van der Waals surface area contributed by atoms with Gasteiger partial charge in [-0.25, -0.2) is 0 Å². The third kappa shape index (κ3) is 2.81. The predicted molar refractivity (Wildman–Crippen MR) is 97.9 cm³/mol. The Morgan fingerprint density at radius 1 is 0.955 bits per heavy atom. The van der Waals surface area contributed by atoms with Crippen molar-refractivity contribution in [2.45, 2.75) is 26.9 Å². The SMILES string of the molecule is CC.CC1COc2c(-c3cccs3)sc(-c3cccs3)c2O1. The van der Waals surface area contributed by atoms with Crippen molar-refractivity contribution in [3.63, 3.8) is 0 Å². The molecule has 0 fully saturated rings. The van der Waals surface area contributed by atoms with Crippen LogP contribution in [0.2, 0.25) is 0 Å². The highest BCUT2D eigenvalue weighted by molar-refractivity contribution is 7.26. The minimum Gasteiger partial charge on any atom is -0.484 e. The van der Waals surface area contributed by atoms with Gasteiger partial charge in [-0.05, 0) is 29.8 Å². The van der Waals surface area contributed by atoms with Crippen molar-refractivity contribution in [2.75, 3.05) is 6.61 Å². The highest BCUT2D eigenvalue weighted by Gasteiger charge is 2.29. The fourth-order valence-electron chi connectivity index (χ4n) is 2.21. The van der Waals surface area contributed by atoms with Crippen LogP contribution in [0.3, 0.4) is 0 Å². The van der Waals surface area contributed by atoms with Gasteiger partial charge in [0.25, 0.3) is 0 Å². The van der Waals surface area contributed by atoms with Crippen LogP contribution in [-0.4, -0.2) is 12.7 Å². The van der Waals surface area contributed by atoms with Gasteiger partial charge in [-0.15, -0.1) is 34.0 Å². The minimum absolute atomic E-state index is 0.104. The van der Waals surface area contributed by atoms with Crippen LogP contribution in [0.25, 0.3) is 19.5 Å². The van der Waals surface area contributed by atoms with E-state index in [9.17, 15) is 0 Å². The summed E-state index contributed by atoms with van der Waals surface area (Å²) in [6.45, 7) is 6.66. The first kappa shape index (κ1) is 15.6. The second-order valence-electron chi connectivity index (χ2n) is 4.61. The summed E-state index contributed by atoms with van der Waals surface area (Å²) in [6.07, 6.45) is 0.104. The van der Waals surface area contributed by atoms with Crippen LogP contribution >= 0.6 is 34.0 Å². The molecule has 0 N–H and O–H groups in total. The average Bonchev–Trinajstić information content (AvgIpc) is 3.28. The summed E-state index contributed by atoms with van der Waals surface area (Å²) in [6, 6.07) is 8.42. The fourth-order valence-corrected chi connectivity index (χ4v) is 5.09. The average molecular weight is 351 g/mol. The van der Waals surface area contributed by atoms with E-state index >= 15 is 0 Å². The molecule has 0 amide bonds. The maximum atomic E-state index is 6.06. The Balaban J connectivity index is 0.000000693. The monoisotopic (exact) mass is 350 g/mol. The zero-order chi connectivity index (χ0) is 15.5. The predicted octanol–water partition coefficient (Wildman–Crippen LogP) is 6.39. The first-order valence-electron chi connectivity index (χ1n) is 7.37. The van der Waals surface area contributed by atoms with Crippen molar-refractivity contribution in [3.8, 4) is 31.0 Å². The van der Waals surface area contributed by atoms with Crippen LogP contribution in [0, 0.1) is 0 Å². The first-order valence-corrected chi connectivity index (χ1v) is 9.94. The lowest BCUT2D eigenvalue weighted by molar-refractivity contribution is 0.107. The van der Waals surface area contributed by atoms with Crippen molar-refractivity contribution in [3.05, 3.63) is 35.0 Å². The Labute approximate surface area is 143 Å². The third-order valence-electron chi connectivity index (χ3n) is 3.09. The van der Waals surface area contributed by atoms with Gasteiger partial charge in [-0.3, -0.25) is 0 Å². The van der Waals surface area contributed by atoms with E-state index in [1.807, 2.05) is 20.8 Å². The van der Waals surface area contributed by atoms with Crippen LogP contribution in [-0.2, 0) is 0 Å². The summed E-state index contributed by atoms with van der Waals surface area (Å²) < 4.78 is 12.0. The second kappa shape index (κ2) is 6.86. The van der Waals surface area contributed by atoms with Gasteiger partial charge in [0.05, 0.1) is 9.75 Å². The lowest BCUT2D eigenvalue weighted by Crippen LogP contribution is -2.25. The van der Waals surface area contributed by atoms with E-state index in [1.54, 1.807) is 34.0 Å². The molecule has 5 heteroatoms. The Bertz CT molecular complexity index is 712. The van der Waals surface area contributed by atoms with Crippen LogP contribution in [0.15, 0.2) is 35.0 Å². The van der Waals surface area contributed by atoms with E-state index in [0.29, 0.717) is 6.61 Å². The molecule has 0 spiro atoms. The molecule has 0 saturated heterocycles. The summed E-state index contributed by atoms with van der Waals surface area (Å²) >= 11 is 5.24.